The summed E-state index contributed by atoms with van der Waals surface area (Å²) in [5, 5.41) is 12.0. The van der Waals surface area contributed by atoms with Gasteiger partial charge in [-0.3, -0.25) is 4.79 Å². The molecule has 2 rings (SSSR count). The lowest BCUT2D eigenvalue weighted by molar-refractivity contribution is -0.145. The Kier molecular flexibility index (Phi) is 4.96. The van der Waals surface area contributed by atoms with Gasteiger partial charge in [-0.15, -0.1) is 0 Å². The zero-order valence-electron chi connectivity index (χ0n) is 12.4. The van der Waals surface area contributed by atoms with Crippen molar-refractivity contribution < 1.29 is 19.4 Å². The molecule has 0 radical (unpaired) electrons. The standard InChI is InChI=1S/C16H21NO4/c1-10-7-11(2)9-12(8-10)14(16(19)20)17-15(18)13-5-3-4-6-21-13/h7-9,13-14H,3-6H2,1-2H3,(H,17,18)(H,19,20). The van der Waals surface area contributed by atoms with Gasteiger partial charge < -0.3 is 15.2 Å². The summed E-state index contributed by atoms with van der Waals surface area (Å²) in [4.78, 5) is 23.6. The highest BCUT2D eigenvalue weighted by Gasteiger charge is 2.28. The molecule has 1 aliphatic heterocycles. The highest BCUT2D eigenvalue weighted by atomic mass is 16.5. The largest absolute Gasteiger partial charge is 0.479 e. The van der Waals surface area contributed by atoms with Crippen molar-refractivity contribution in [1.82, 2.24) is 5.32 Å². The lowest BCUT2D eigenvalue weighted by Gasteiger charge is -2.24. The molecule has 0 bridgehead atoms. The summed E-state index contributed by atoms with van der Waals surface area (Å²) in [6.45, 7) is 4.36. The molecular weight excluding hydrogens is 270 g/mol. The zero-order chi connectivity index (χ0) is 15.4. The van der Waals surface area contributed by atoms with Crippen LogP contribution < -0.4 is 5.32 Å². The Morgan fingerprint density at radius 3 is 2.43 bits per heavy atom. The molecule has 1 aliphatic rings. The topological polar surface area (TPSA) is 75.6 Å². The van der Waals surface area contributed by atoms with Crippen LogP contribution in [-0.2, 0) is 14.3 Å². The summed E-state index contributed by atoms with van der Waals surface area (Å²) in [7, 11) is 0. The van der Waals surface area contributed by atoms with E-state index >= 15 is 0 Å². The molecule has 5 nitrogen and oxygen atoms in total. The molecule has 1 amide bonds. The molecule has 2 atom stereocenters. The van der Waals surface area contributed by atoms with Crippen LogP contribution in [0.1, 0.15) is 42.0 Å². The molecule has 1 fully saturated rings. The third-order valence-electron chi connectivity index (χ3n) is 3.58. The second kappa shape index (κ2) is 6.72. The number of carbonyl (C=O) groups excluding carboxylic acids is 1. The van der Waals surface area contributed by atoms with Crippen molar-refractivity contribution in [3.05, 3.63) is 34.9 Å². The van der Waals surface area contributed by atoms with E-state index < -0.39 is 18.1 Å². The van der Waals surface area contributed by atoms with Crippen molar-refractivity contribution in [2.75, 3.05) is 6.61 Å². The van der Waals surface area contributed by atoms with E-state index in [-0.39, 0.29) is 5.91 Å². The molecule has 1 aromatic rings. The maximum absolute atomic E-state index is 12.2. The van der Waals surface area contributed by atoms with Crippen molar-refractivity contribution in [2.24, 2.45) is 0 Å². The Morgan fingerprint density at radius 2 is 1.90 bits per heavy atom. The Balaban J connectivity index is 2.15. The lowest BCUT2D eigenvalue weighted by atomic mass is 10.0. The number of amides is 1. The minimum Gasteiger partial charge on any atom is -0.479 e. The van der Waals surface area contributed by atoms with E-state index in [0.717, 1.165) is 24.0 Å². The van der Waals surface area contributed by atoms with Gasteiger partial charge in [-0.05, 0) is 38.7 Å². The summed E-state index contributed by atoms with van der Waals surface area (Å²) < 4.78 is 5.40. The number of hydrogen-bond donors (Lipinski definition) is 2. The average molecular weight is 291 g/mol. The Labute approximate surface area is 124 Å². The van der Waals surface area contributed by atoms with Crippen LogP contribution in [0.2, 0.25) is 0 Å². The number of ether oxygens (including phenoxy) is 1. The van der Waals surface area contributed by atoms with Crippen LogP contribution in [-0.4, -0.2) is 29.7 Å². The number of carboxylic acids is 1. The first kappa shape index (κ1) is 15.5. The predicted molar refractivity (Wildman–Crippen MR) is 78.0 cm³/mol. The van der Waals surface area contributed by atoms with Gasteiger partial charge in [-0.25, -0.2) is 4.79 Å². The van der Waals surface area contributed by atoms with Crippen LogP contribution >= 0.6 is 0 Å². The summed E-state index contributed by atoms with van der Waals surface area (Å²) in [5.74, 6) is -1.41. The Morgan fingerprint density at radius 1 is 1.24 bits per heavy atom. The molecule has 1 aromatic carbocycles. The number of nitrogens with one attached hydrogen (secondary N) is 1. The summed E-state index contributed by atoms with van der Waals surface area (Å²) in [6, 6.07) is 4.50. The zero-order valence-corrected chi connectivity index (χ0v) is 12.4. The van der Waals surface area contributed by atoms with Crippen LogP contribution in [0.25, 0.3) is 0 Å². The van der Waals surface area contributed by atoms with E-state index in [1.165, 1.54) is 0 Å². The van der Waals surface area contributed by atoms with E-state index in [1.807, 2.05) is 19.9 Å². The fourth-order valence-corrected chi connectivity index (χ4v) is 2.65. The van der Waals surface area contributed by atoms with Gasteiger partial charge in [0.1, 0.15) is 6.10 Å². The number of rotatable bonds is 4. The molecule has 1 heterocycles. The van der Waals surface area contributed by atoms with E-state index in [1.54, 1.807) is 12.1 Å². The predicted octanol–water partition coefficient (Wildman–Crippen LogP) is 2.11. The first-order valence-electron chi connectivity index (χ1n) is 7.20. The van der Waals surface area contributed by atoms with E-state index in [2.05, 4.69) is 5.32 Å². The first-order valence-corrected chi connectivity index (χ1v) is 7.20. The van der Waals surface area contributed by atoms with E-state index in [0.29, 0.717) is 18.6 Å². The number of aliphatic carboxylic acids is 1. The van der Waals surface area contributed by atoms with Gasteiger partial charge in [-0.2, -0.15) is 0 Å². The fourth-order valence-electron chi connectivity index (χ4n) is 2.65. The summed E-state index contributed by atoms with van der Waals surface area (Å²) in [6.07, 6.45) is 1.99. The molecule has 5 heteroatoms. The van der Waals surface area contributed by atoms with Crippen LogP contribution in [0.5, 0.6) is 0 Å². The van der Waals surface area contributed by atoms with Gasteiger partial charge >= 0.3 is 5.97 Å². The SMILES string of the molecule is Cc1cc(C)cc(C(NC(=O)C2CCCCO2)C(=O)O)c1. The summed E-state index contributed by atoms with van der Waals surface area (Å²) in [5.41, 5.74) is 2.53. The molecule has 21 heavy (non-hydrogen) atoms. The van der Waals surface area contributed by atoms with Gasteiger partial charge in [0.05, 0.1) is 0 Å². The minimum atomic E-state index is -1.07. The van der Waals surface area contributed by atoms with Crippen molar-refractivity contribution in [1.29, 1.82) is 0 Å². The fraction of sp³-hybridized carbons (Fsp3) is 0.500. The maximum Gasteiger partial charge on any atom is 0.330 e. The molecule has 0 spiro atoms. The number of carboxylic acid groups (broad SMARTS) is 1. The molecule has 1 saturated heterocycles. The monoisotopic (exact) mass is 291 g/mol. The minimum absolute atomic E-state index is 0.346. The van der Waals surface area contributed by atoms with Gasteiger partial charge in [0, 0.05) is 6.61 Å². The van der Waals surface area contributed by atoms with Crippen LogP contribution in [0, 0.1) is 13.8 Å². The smallest absolute Gasteiger partial charge is 0.330 e. The third kappa shape index (κ3) is 4.04. The number of carbonyl (C=O) groups is 2. The van der Waals surface area contributed by atoms with Gasteiger partial charge in [0.25, 0.3) is 0 Å². The first-order chi connectivity index (χ1) is 9.97. The second-order valence-corrected chi connectivity index (χ2v) is 5.56. The van der Waals surface area contributed by atoms with Crippen LogP contribution in [0.3, 0.4) is 0 Å². The summed E-state index contributed by atoms with van der Waals surface area (Å²) >= 11 is 0. The average Bonchev–Trinajstić information content (AvgIpc) is 2.44. The lowest BCUT2D eigenvalue weighted by Crippen LogP contribution is -2.42. The van der Waals surface area contributed by atoms with Gasteiger partial charge in [0.15, 0.2) is 6.04 Å². The molecule has 0 aliphatic carbocycles. The number of hydrogen-bond acceptors (Lipinski definition) is 3. The van der Waals surface area contributed by atoms with Gasteiger partial charge in [0.2, 0.25) is 5.91 Å². The van der Waals surface area contributed by atoms with Crippen molar-refractivity contribution in [3.63, 3.8) is 0 Å². The second-order valence-electron chi connectivity index (χ2n) is 5.56. The molecule has 0 saturated carbocycles. The maximum atomic E-state index is 12.2. The normalized spacial score (nSPS) is 19.8. The number of aryl methyl sites for hydroxylation is 2. The van der Waals surface area contributed by atoms with Crippen molar-refractivity contribution in [2.45, 2.75) is 45.3 Å². The molecular formula is C16H21NO4. The molecule has 114 valence electrons. The van der Waals surface area contributed by atoms with Crippen molar-refractivity contribution >= 4 is 11.9 Å². The van der Waals surface area contributed by atoms with Gasteiger partial charge in [-0.1, -0.05) is 29.3 Å². The van der Waals surface area contributed by atoms with Crippen molar-refractivity contribution in [3.8, 4) is 0 Å². The van der Waals surface area contributed by atoms with E-state index in [4.69, 9.17) is 4.74 Å². The third-order valence-corrected chi connectivity index (χ3v) is 3.58. The van der Waals surface area contributed by atoms with E-state index in [9.17, 15) is 14.7 Å². The highest BCUT2D eigenvalue weighted by molar-refractivity contribution is 5.87. The van der Waals surface area contributed by atoms with Crippen LogP contribution in [0.4, 0.5) is 0 Å². The van der Waals surface area contributed by atoms with Crippen LogP contribution in [0.15, 0.2) is 18.2 Å². The Bertz CT molecular complexity index is 515. The molecule has 2 unspecified atom stereocenters. The molecule has 0 aromatic heterocycles. The quantitative estimate of drug-likeness (QED) is 0.891. The molecule has 2 N–H and O–H groups in total. The number of benzene rings is 1. The Hall–Kier alpha value is -1.88. The highest BCUT2D eigenvalue weighted by Crippen LogP contribution is 2.19.